The van der Waals surface area contributed by atoms with Gasteiger partial charge in [0.25, 0.3) is 0 Å². The van der Waals surface area contributed by atoms with Crippen molar-refractivity contribution in [1.29, 1.82) is 0 Å². The Morgan fingerprint density at radius 1 is 0.792 bits per heavy atom. The smallest absolute Gasteiger partial charge is 0.309 e. The number of halogens is 2. The van der Waals surface area contributed by atoms with Crippen LogP contribution in [0.25, 0.3) is 21.9 Å². The quantitative estimate of drug-likeness (QED) is 0.373. The minimum absolute atomic E-state index is 0.859. The summed E-state index contributed by atoms with van der Waals surface area (Å²) >= 11 is 7.38. The van der Waals surface area contributed by atoms with Crippen LogP contribution >= 0.6 is 40.0 Å². The fourth-order valence-electron chi connectivity index (χ4n) is 2.82. The van der Waals surface area contributed by atoms with Crippen LogP contribution in [-0.2, 0) is 0 Å². The van der Waals surface area contributed by atoms with Gasteiger partial charge >= 0.3 is 8.16 Å². The first-order valence-corrected chi connectivity index (χ1v) is 10.4. The Balaban J connectivity index is 2.79. The van der Waals surface area contributed by atoms with Crippen molar-refractivity contribution < 1.29 is 8.39 Å². The van der Waals surface area contributed by atoms with E-state index in [-0.39, 0.29) is 0 Å². The van der Waals surface area contributed by atoms with Crippen molar-refractivity contribution in [1.82, 2.24) is 0 Å². The molecule has 0 bridgehead atoms. The largest absolute Gasteiger partial charge is 0.407 e. The zero-order valence-electron chi connectivity index (χ0n) is 14.6. The fourth-order valence-corrected chi connectivity index (χ4v) is 5.37. The van der Waals surface area contributed by atoms with E-state index in [2.05, 4.69) is 71.7 Å². The lowest BCUT2D eigenvalue weighted by Gasteiger charge is -2.10. The highest BCUT2D eigenvalue weighted by Gasteiger charge is 2.18. The highest BCUT2D eigenvalue weighted by Crippen LogP contribution is 2.43. The molecule has 24 heavy (non-hydrogen) atoms. The first-order chi connectivity index (χ1) is 11.2. The average Bonchev–Trinajstić information content (AvgIpc) is 2.68. The van der Waals surface area contributed by atoms with Gasteiger partial charge in [0, 0.05) is 24.9 Å². The standard InChI is InChI=1S/C18H20Br2NO2P/c1-9-7-13(19)17-15(11(9)3)16-12(4)10(2)8-14(20)18(16)23-24(22-17)21(5)6/h7-8H,1-6H3. The Kier molecular flexibility index (Phi) is 4.91. The van der Waals surface area contributed by atoms with Gasteiger partial charge in [0.2, 0.25) is 0 Å². The van der Waals surface area contributed by atoms with Crippen LogP contribution in [0.1, 0.15) is 22.3 Å². The summed E-state index contributed by atoms with van der Waals surface area (Å²) in [6.45, 7) is 8.54. The Labute approximate surface area is 159 Å². The van der Waals surface area contributed by atoms with Crippen molar-refractivity contribution >= 4 is 62.0 Å². The van der Waals surface area contributed by atoms with Crippen LogP contribution in [0.15, 0.2) is 29.5 Å². The third-order valence-corrected chi connectivity index (χ3v) is 6.93. The summed E-state index contributed by atoms with van der Waals surface area (Å²) in [6.07, 6.45) is 0. The lowest BCUT2D eigenvalue weighted by molar-refractivity contribution is 0.632. The molecule has 0 amide bonds. The predicted octanol–water partition coefficient (Wildman–Crippen LogP) is 7.25. The molecular weight excluding hydrogens is 453 g/mol. The normalized spacial score (nSPS) is 11.7. The van der Waals surface area contributed by atoms with Gasteiger partial charge < -0.3 is 8.39 Å². The Morgan fingerprint density at radius 2 is 1.17 bits per heavy atom. The number of fused-ring (bicyclic) bond motifs is 3. The molecule has 1 heterocycles. The maximum atomic E-state index is 6.32. The van der Waals surface area contributed by atoms with Crippen molar-refractivity contribution in [2.24, 2.45) is 0 Å². The van der Waals surface area contributed by atoms with Gasteiger partial charge in [0.1, 0.15) is 0 Å². The van der Waals surface area contributed by atoms with Gasteiger partial charge in [-0.1, -0.05) is 0 Å². The van der Waals surface area contributed by atoms with Gasteiger partial charge in [-0.05, 0) is 93.9 Å². The summed E-state index contributed by atoms with van der Waals surface area (Å²) in [6, 6.07) is 4.23. The number of benzene rings is 2. The Hall–Kier alpha value is -0.740. The van der Waals surface area contributed by atoms with Crippen LogP contribution in [-0.4, -0.2) is 14.1 Å². The van der Waals surface area contributed by atoms with Gasteiger partial charge in [0.05, 0.1) is 8.95 Å². The zero-order valence-corrected chi connectivity index (χ0v) is 18.7. The highest BCUT2D eigenvalue weighted by molar-refractivity contribution is 9.11. The minimum Gasteiger partial charge on any atom is -0.407 e. The Morgan fingerprint density at radius 3 is 1.50 bits per heavy atom. The van der Waals surface area contributed by atoms with Crippen LogP contribution in [0.2, 0.25) is 0 Å². The summed E-state index contributed by atoms with van der Waals surface area (Å²) in [7, 11) is 2.71. The van der Waals surface area contributed by atoms with E-state index in [1.807, 2.05) is 18.8 Å². The maximum absolute atomic E-state index is 6.32. The molecule has 0 aliphatic carbocycles. The molecule has 0 saturated heterocycles. The van der Waals surface area contributed by atoms with E-state index in [9.17, 15) is 0 Å². The molecule has 0 radical (unpaired) electrons. The number of rotatable bonds is 1. The number of hydrogen-bond acceptors (Lipinski definition) is 3. The molecule has 3 rings (SSSR count). The molecule has 1 aromatic heterocycles. The van der Waals surface area contributed by atoms with Gasteiger partial charge in [-0.2, -0.15) is 0 Å². The molecule has 0 spiro atoms. The van der Waals surface area contributed by atoms with Gasteiger partial charge in [-0.3, -0.25) is 0 Å². The molecule has 6 heteroatoms. The number of hydrogen-bond donors (Lipinski definition) is 0. The molecule has 128 valence electrons. The molecule has 0 aliphatic rings. The SMILES string of the molecule is Cc1cc(Br)c2op(N(C)C)oc3c(Br)cc(C)c(C)c3c2c1C. The summed E-state index contributed by atoms with van der Waals surface area (Å²) in [5.41, 5.74) is 6.60. The first kappa shape index (κ1) is 18.1. The van der Waals surface area contributed by atoms with Crippen molar-refractivity contribution in [3.8, 4) is 0 Å². The summed E-state index contributed by atoms with van der Waals surface area (Å²) in [5.74, 6) is 0. The highest BCUT2D eigenvalue weighted by atomic mass is 79.9. The van der Waals surface area contributed by atoms with E-state index in [1.54, 1.807) is 0 Å². The molecule has 3 aromatic rings. The second-order valence-electron chi connectivity index (χ2n) is 6.28. The van der Waals surface area contributed by atoms with Crippen LogP contribution in [0.4, 0.5) is 0 Å². The molecular formula is C18H20Br2NO2P. The predicted molar refractivity (Wildman–Crippen MR) is 111 cm³/mol. The lowest BCUT2D eigenvalue weighted by Crippen LogP contribution is -2.02. The van der Waals surface area contributed by atoms with E-state index in [0.29, 0.717) is 0 Å². The Bertz CT molecular complexity index is 933. The second-order valence-corrected chi connectivity index (χ2v) is 9.63. The molecule has 0 N–H and O–H groups in total. The lowest BCUT2D eigenvalue weighted by atomic mass is 9.97. The topological polar surface area (TPSA) is 29.5 Å². The van der Waals surface area contributed by atoms with E-state index < -0.39 is 8.16 Å². The molecule has 2 aromatic carbocycles. The van der Waals surface area contributed by atoms with Gasteiger partial charge in [0.15, 0.2) is 11.2 Å². The van der Waals surface area contributed by atoms with Gasteiger partial charge in [-0.25, -0.2) is 4.67 Å². The monoisotopic (exact) mass is 471 g/mol. The molecule has 0 saturated carbocycles. The van der Waals surface area contributed by atoms with Crippen molar-refractivity contribution in [3.05, 3.63) is 43.3 Å². The van der Waals surface area contributed by atoms with Crippen LogP contribution in [0.3, 0.4) is 0 Å². The summed E-state index contributed by atoms with van der Waals surface area (Å²) in [5, 5.41) is 2.23. The van der Waals surface area contributed by atoms with E-state index in [0.717, 1.165) is 30.9 Å². The molecule has 0 fully saturated rings. The average molecular weight is 473 g/mol. The third-order valence-electron chi connectivity index (χ3n) is 4.42. The molecule has 0 atom stereocenters. The fraction of sp³-hybridized carbons (Fsp3) is 0.333. The van der Waals surface area contributed by atoms with E-state index >= 15 is 0 Å². The zero-order chi connectivity index (χ0) is 17.8. The maximum Gasteiger partial charge on any atom is 0.309 e. The number of nitrogens with zero attached hydrogens (tertiary/aromatic N) is 1. The minimum atomic E-state index is -1.23. The van der Waals surface area contributed by atoms with Crippen LogP contribution in [0.5, 0.6) is 0 Å². The van der Waals surface area contributed by atoms with Crippen LogP contribution in [0, 0.1) is 27.7 Å². The summed E-state index contributed by atoms with van der Waals surface area (Å²) in [4.78, 5) is 0. The molecule has 0 unspecified atom stereocenters. The van der Waals surface area contributed by atoms with E-state index in [4.69, 9.17) is 8.39 Å². The van der Waals surface area contributed by atoms with Gasteiger partial charge in [-0.15, -0.1) is 0 Å². The van der Waals surface area contributed by atoms with E-state index in [1.165, 1.54) is 22.3 Å². The van der Waals surface area contributed by atoms with Crippen molar-refractivity contribution in [2.45, 2.75) is 27.7 Å². The number of aryl methyl sites for hydroxylation is 4. The first-order valence-electron chi connectivity index (χ1n) is 7.65. The summed E-state index contributed by atoms with van der Waals surface area (Å²) < 4.78 is 16.5. The molecule has 3 nitrogen and oxygen atoms in total. The van der Waals surface area contributed by atoms with Crippen molar-refractivity contribution in [3.63, 3.8) is 0 Å². The van der Waals surface area contributed by atoms with Crippen LogP contribution < -0.4 is 4.67 Å². The second kappa shape index (κ2) is 6.53. The third kappa shape index (κ3) is 2.86. The molecule has 0 aliphatic heterocycles. The van der Waals surface area contributed by atoms with Crippen molar-refractivity contribution in [2.75, 3.05) is 18.8 Å².